The number of hydrogen-bond acceptors (Lipinski definition) is 3. The van der Waals surface area contributed by atoms with Crippen LogP contribution in [0, 0.1) is 0 Å². The number of carboxylic acid groups (broad SMARTS) is 1. The molecule has 1 amide bonds. The molecule has 1 aliphatic heterocycles. The Morgan fingerprint density at radius 3 is 2.36 bits per heavy atom. The Labute approximate surface area is 130 Å². The van der Waals surface area contributed by atoms with Crippen molar-refractivity contribution < 1.29 is 19.4 Å². The number of ether oxygens (including phenoxy) is 1. The lowest BCUT2D eigenvalue weighted by Gasteiger charge is -2.32. The zero-order valence-corrected chi connectivity index (χ0v) is 13.5. The van der Waals surface area contributed by atoms with Crippen LogP contribution in [0.1, 0.15) is 45.6 Å². The van der Waals surface area contributed by atoms with Crippen LogP contribution < -0.4 is 0 Å². The van der Waals surface area contributed by atoms with Gasteiger partial charge in [-0.15, -0.1) is 0 Å². The Morgan fingerprint density at radius 2 is 1.86 bits per heavy atom. The van der Waals surface area contributed by atoms with Crippen LogP contribution in [0.5, 0.6) is 0 Å². The Hall–Kier alpha value is -2.04. The first-order valence-electron chi connectivity index (χ1n) is 7.42. The molecule has 1 heterocycles. The Balaban J connectivity index is 2.27. The minimum Gasteiger partial charge on any atom is -0.480 e. The standard InChI is InChI=1S/C17H23NO4/c1-16(2,3)22-15(21)18-11-13(10-17(18,4)14(19)20)12-8-6-5-7-9-12/h5-9,13H,10-11H2,1-4H3,(H,19,20)/t13-,17?/m1/s1. The number of nitrogens with zero attached hydrogens (tertiary/aromatic N) is 1. The molecule has 1 fully saturated rings. The van der Waals surface area contributed by atoms with Crippen molar-refractivity contribution in [3.8, 4) is 0 Å². The fraction of sp³-hybridized carbons (Fsp3) is 0.529. The lowest BCUT2D eigenvalue weighted by atomic mass is 9.90. The van der Waals surface area contributed by atoms with Gasteiger partial charge in [-0.2, -0.15) is 0 Å². The molecule has 2 rings (SSSR count). The van der Waals surface area contributed by atoms with Gasteiger partial charge in [0.15, 0.2) is 0 Å². The topological polar surface area (TPSA) is 66.8 Å². The number of likely N-dealkylation sites (tertiary alicyclic amines) is 1. The molecule has 0 aromatic heterocycles. The summed E-state index contributed by atoms with van der Waals surface area (Å²) in [6.07, 6.45) is -0.193. The average Bonchev–Trinajstić information content (AvgIpc) is 2.77. The molecule has 1 saturated heterocycles. The average molecular weight is 305 g/mol. The lowest BCUT2D eigenvalue weighted by molar-refractivity contribution is -0.148. The number of benzene rings is 1. The Kier molecular flexibility index (Phi) is 4.18. The highest BCUT2D eigenvalue weighted by molar-refractivity contribution is 5.85. The van der Waals surface area contributed by atoms with Gasteiger partial charge in [0.25, 0.3) is 0 Å². The predicted octanol–water partition coefficient (Wildman–Crippen LogP) is 3.25. The van der Waals surface area contributed by atoms with Crippen LogP contribution in [0.3, 0.4) is 0 Å². The first-order chi connectivity index (χ1) is 10.1. The molecule has 0 aliphatic carbocycles. The van der Waals surface area contributed by atoms with E-state index in [1.54, 1.807) is 27.7 Å². The van der Waals surface area contributed by atoms with E-state index in [9.17, 15) is 14.7 Å². The highest BCUT2D eigenvalue weighted by atomic mass is 16.6. The van der Waals surface area contributed by atoms with Gasteiger partial charge in [-0.1, -0.05) is 30.3 Å². The van der Waals surface area contributed by atoms with E-state index in [1.165, 1.54) is 4.90 Å². The van der Waals surface area contributed by atoms with Gasteiger partial charge in [0, 0.05) is 12.5 Å². The monoisotopic (exact) mass is 305 g/mol. The molecule has 22 heavy (non-hydrogen) atoms. The second-order valence-corrected chi connectivity index (χ2v) is 6.98. The molecule has 1 N–H and O–H groups in total. The van der Waals surface area contributed by atoms with Gasteiger partial charge < -0.3 is 9.84 Å². The van der Waals surface area contributed by atoms with Gasteiger partial charge in [0.05, 0.1) is 0 Å². The molecule has 1 aromatic rings. The quantitative estimate of drug-likeness (QED) is 0.910. The van der Waals surface area contributed by atoms with Crippen molar-refractivity contribution in [2.24, 2.45) is 0 Å². The highest BCUT2D eigenvalue weighted by Crippen LogP contribution is 2.39. The second-order valence-electron chi connectivity index (χ2n) is 6.98. The zero-order chi connectivity index (χ0) is 16.5. The smallest absolute Gasteiger partial charge is 0.411 e. The molecular weight excluding hydrogens is 282 g/mol. The van der Waals surface area contributed by atoms with Crippen molar-refractivity contribution in [2.45, 2.75) is 51.2 Å². The minimum atomic E-state index is -1.25. The van der Waals surface area contributed by atoms with Gasteiger partial charge in [-0.3, -0.25) is 4.90 Å². The lowest BCUT2D eigenvalue weighted by Crippen LogP contribution is -2.52. The number of hydrogen-bond donors (Lipinski definition) is 1. The first kappa shape index (κ1) is 16.3. The maximum absolute atomic E-state index is 12.4. The van der Waals surface area contributed by atoms with E-state index in [0.29, 0.717) is 13.0 Å². The number of carbonyl (C=O) groups is 2. The van der Waals surface area contributed by atoms with Crippen LogP contribution in [-0.2, 0) is 9.53 Å². The number of aliphatic carboxylic acids is 1. The summed E-state index contributed by atoms with van der Waals surface area (Å²) >= 11 is 0. The van der Waals surface area contributed by atoms with Gasteiger partial charge in [-0.25, -0.2) is 9.59 Å². The second kappa shape index (κ2) is 5.63. The summed E-state index contributed by atoms with van der Waals surface area (Å²) in [4.78, 5) is 25.5. The van der Waals surface area contributed by atoms with Crippen LogP contribution in [-0.4, -0.2) is 39.8 Å². The molecule has 1 aliphatic rings. The van der Waals surface area contributed by atoms with E-state index >= 15 is 0 Å². The normalized spacial score (nSPS) is 25.1. The van der Waals surface area contributed by atoms with Crippen molar-refractivity contribution in [2.75, 3.05) is 6.54 Å². The molecule has 1 unspecified atom stereocenters. The van der Waals surface area contributed by atoms with E-state index in [-0.39, 0.29) is 5.92 Å². The van der Waals surface area contributed by atoms with E-state index in [1.807, 2.05) is 30.3 Å². The molecule has 5 heteroatoms. The third kappa shape index (κ3) is 3.24. The summed E-state index contributed by atoms with van der Waals surface area (Å²) in [5.74, 6) is -1.01. The van der Waals surface area contributed by atoms with Crippen molar-refractivity contribution in [1.82, 2.24) is 4.90 Å². The molecule has 1 aromatic carbocycles. The minimum absolute atomic E-state index is 0.00480. The summed E-state index contributed by atoms with van der Waals surface area (Å²) in [7, 11) is 0. The third-order valence-corrected chi connectivity index (χ3v) is 3.99. The first-order valence-corrected chi connectivity index (χ1v) is 7.42. The third-order valence-electron chi connectivity index (χ3n) is 3.99. The number of carbonyl (C=O) groups excluding carboxylic acids is 1. The van der Waals surface area contributed by atoms with Crippen molar-refractivity contribution in [1.29, 1.82) is 0 Å². The number of amides is 1. The summed E-state index contributed by atoms with van der Waals surface area (Å²) in [5, 5.41) is 9.61. The predicted molar refractivity (Wildman–Crippen MR) is 82.8 cm³/mol. The molecule has 0 radical (unpaired) electrons. The molecule has 0 bridgehead atoms. The molecule has 0 spiro atoms. The summed E-state index contributed by atoms with van der Waals surface area (Å²) in [6, 6.07) is 9.69. The fourth-order valence-electron chi connectivity index (χ4n) is 2.82. The van der Waals surface area contributed by atoms with Gasteiger partial charge in [-0.05, 0) is 39.7 Å². The van der Waals surface area contributed by atoms with Crippen LogP contribution in [0.2, 0.25) is 0 Å². The van der Waals surface area contributed by atoms with Crippen molar-refractivity contribution >= 4 is 12.1 Å². The summed E-state index contributed by atoms with van der Waals surface area (Å²) in [6.45, 7) is 7.25. The maximum atomic E-state index is 12.4. The largest absolute Gasteiger partial charge is 0.480 e. The van der Waals surface area contributed by atoms with Gasteiger partial charge in [0.1, 0.15) is 11.1 Å². The fourth-order valence-corrected chi connectivity index (χ4v) is 2.82. The van der Waals surface area contributed by atoms with Crippen molar-refractivity contribution in [3.05, 3.63) is 35.9 Å². The Bertz CT molecular complexity index is 564. The van der Waals surface area contributed by atoms with E-state index in [2.05, 4.69) is 0 Å². The number of rotatable bonds is 2. The zero-order valence-electron chi connectivity index (χ0n) is 13.5. The molecule has 5 nitrogen and oxygen atoms in total. The van der Waals surface area contributed by atoms with E-state index < -0.39 is 23.2 Å². The highest BCUT2D eigenvalue weighted by Gasteiger charge is 2.51. The Morgan fingerprint density at radius 1 is 1.27 bits per heavy atom. The molecule has 0 saturated carbocycles. The molecule has 120 valence electrons. The maximum Gasteiger partial charge on any atom is 0.411 e. The van der Waals surface area contributed by atoms with Crippen LogP contribution >= 0.6 is 0 Å². The molecular formula is C17H23NO4. The summed E-state index contributed by atoms with van der Waals surface area (Å²) < 4.78 is 5.38. The van der Waals surface area contributed by atoms with Crippen LogP contribution in [0.4, 0.5) is 4.79 Å². The van der Waals surface area contributed by atoms with Gasteiger partial charge in [0.2, 0.25) is 0 Å². The van der Waals surface area contributed by atoms with Gasteiger partial charge >= 0.3 is 12.1 Å². The molecule has 2 atom stereocenters. The number of carboxylic acids is 1. The van der Waals surface area contributed by atoms with E-state index in [4.69, 9.17) is 4.74 Å². The van der Waals surface area contributed by atoms with E-state index in [0.717, 1.165) is 5.56 Å². The van der Waals surface area contributed by atoms with Crippen LogP contribution in [0.25, 0.3) is 0 Å². The summed E-state index contributed by atoms with van der Waals surface area (Å²) in [5.41, 5.74) is -0.856. The van der Waals surface area contributed by atoms with Crippen molar-refractivity contribution in [3.63, 3.8) is 0 Å². The SMILES string of the molecule is CC(C)(C)OC(=O)N1C[C@H](c2ccccc2)CC1(C)C(=O)O. The van der Waals surface area contributed by atoms with Crippen LogP contribution in [0.15, 0.2) is 30.3 Å².